The number of aliphatic hydroxyl groups is 2. The molecule has 5 aliphatic rings. The molecule has 4 saturated carbocycles. The number of ether oxygens (including phenoxy) is 3. The molecule has 0 radical (unpaired) electrons. The van der Waals surface area contributed by atoms with E-state index in [0.717, 1.165) is 19.3 Å². The molecular formula is C23H34O7. The first-order valence-electron chi connectivity index (χ1n) is 11.4. The molecule has 4 aliphatic carbocycles. The quantitative estimate of drug-likeness (QED) is 0.653. The molecule has 2 N–H and O–H groups in total. The lowest BCUT2D eigenvalue weighted by Gasteiger charge is -2.70. The molecule has 11 atom stereocenters. The summed E-state index contributed by atoms with van der Waals surface area (Å²) in [6, 6.07) is 0. The van der Waals surface area contributed by atoms with Crippen LogP contribution in [0.2, 0.25) is 0 Å². The number of methoxy groups -OCH3 is 1. The molecule has 0 aromatic carbocycles. The molecule has 1 aliphatic heterocycles. The van der Waals surface area contributed by atoms with Gasteiger partial charge in [-0.2, -0.15) is 0 Å². The summed E-state index contributed by atoms with van der Waals surface area (Å²) in [5.41, 5.74) is -1.99. The zero-order valence-electron chi connectivity index (χ0n) is 18.3. The van der Waals surface area contributed by atoms with Crippen molar-refractivity contribution in [2.24, 2.45) is 39.9 Å². The van der Waals surface area contributed by atoms with Crippen LogP contribution in [0.5, 0.6) is 0 Å². The second kappa shape index (κ2) is 6.50. The van der Waals surface area contributed by atoms with Gasteiger partial charge in [-0.25, -0.2) is 0 Å². The van der Waals surface area contributed by atoms with Crippen molar-refractivity contribution in [3.8, 4) is 0 Å². The highest BCUT2D eigenvalue weighted by molar-refractivity contribution is 5.92. The van der Waals surface area contributed by atoms with E-state index >= 15 is 0 Å². The van der Waals surface area contributed by atoms with Crippen molar-refractivity contribution in [2.45, 2.75) is 77.5 Å². The van der Waals surface area contributed by atoms with Crippen molar-refractivity contribution in [3.63, 3.8) is 0 Å². The van der Waals surface area contributed by atoms with Crippen molar-refractivity contribution in [2.75, 3.05) is 13.7 Å². The molecule has 7 nitrogen and oxygen atoms in total. The molecule has 0 amide bonds. The molecule has 5 rings (SSSR count). The third kappa shape index (κ3) is 2.20. The fourth-order valence-corrected chi connectivity index (χ4v) is 8.83. The number of esters is 1. The minimum Gasteiger partial charge on any atom is -0.462 e. The zero-order chi connectivity index (χ0) is 21.6. The number of Topliss-reactive ketones (excluding diaryl/α,β-unsaturated/α-hetero) is 1. The summed E-state index contributed by atoms with van der Waals surface area (Å²) in [4.78, 5) is 25.9. The standard InChI is InChI=1S/C23H34O7/c1-11-13-8-14(30-12(2)24)17-22-7-5-6-21(3,20(27)29-10-22)15(22)9-16(28-4)23(17,18(11)25)19(13)26/h11,13-17,19-20,26-27H,5-10H2,1-4H3/t11-,13+,14+,15-,16+,17+,19-,20-,21-,22+,23-/m1/s1. The van der Waals surface area contributed by atoms with Crippen LogP contribution in [0.15, 0.2) is 0 Å². The molecular weight excluding hydrogens is 388 g/mol. The van der Waals surface area contributed by atoms with Crippen LogP contribution in [0, 0.1) is 39.9 Å². The lowest BCUT2D eigenvalue weighted by atomic mass is 9.38. The Hall–Kier alpha value is -1.02. The summed E-state index contributed by atoms with van der Waals surface area (Å²) in [5, 5.41) is 22.4. The number of rotatable bonds is 2. The van der Waals surface area contributed by atoms with Gasteiger partial charge in [0.15, 0.2) is 6.29 Å². The van der Waals surface area contributed by atoms with Crippen LogP contribution < -0.4 is 0 Å². The normalized spacial score (nSPS) is 56.8. The molecule has 1 saturated heterocycles. The summed E-state index contributed by atoms with van der Waals surface area (Å²) in [7, 11) is 1.61. The van der Waals surface area contributed by atoms with Gasteiger partial charge in [-0.3, -0.25) is 9.59 Å². The lowest BCUT2D eigenvalue weighted by molar-refractivity contribution is -0.344. The first-order valence-corrected chi connectivity index (χ1v) is 11.4. The van der Waals surface area contributed by atoms with Gasteiger partial charge in [-0.1, -0.05) is 20.3 Å². The number of carbonyl (C=O) groups is 2. The van der Waals surface area contributed by atoms with Crippen molar-refractivity contribution in [3.05, 3.63) is 0 Å². The molecule has 0 aromatic heterocycles. The second-order valence-corrected chi connectivity index (χ2v) is 10.8. The third-order valence-electron chi connectivity index (χ3n) is 9.89. The van der Waals surface area contributed by atoms with Crippen molar-refractivity contribution >= 4 is 11.8 Å². The molecule has 5 fully saturated rings. The van der Waals surface area contributed by atoms with E-state index in [0.29, 0.717) is 19.4 Å². The number of fused-ring (bicyclic) bond motifs is 1. The minimum absolute atomic E-state index is 0.0396. The highest BCUT2D eigenvalue weighted by Gasteiger charge is 2.79. The smallest absolute Gasteiger partial charge is 0.302 e. The van der Waals surface area contributed by atoms with E-state index in [1.54, 1.807) is 7.11 Å². The second-order valence-electron chi connectivity index (χ2n) is 10.8. The molecule has 1 spiro atoms. The van der Waals surface area contributed by atoms with Gasteiger partial charge >= 0.3 is 5.97 Å². The van der Waals surface area contributed by atoms with E-state index in [-0.39, 0.29) is 35.4 Å². The maximum Gasteiger partial charge on any atom is 0.302 e. The Morgan fingerprint density at radius 1 is 1.23 bits per heavy atom. The summed E-state index contributed by atoms with van der Waals surface area (Å²) in [6.45, 7) is 5.68. The van der Waals surface area contributed by atoms with Crippen molar-refractivity contribution < 1.29 is 34.0 Å². The van der Waals surface area contributed by atoms with E-state index in [2.05, 4.69) is 6.92 Å². The van der Waals surface area contributed by atoms with Crippen LogP contribution in [-0.4, -0.2) is 60.3 Å². The Balaban J connectivity index is 1.74. The van der Waals surface area contributed by atoms with E-state index in [1.165, 1.54) is 6.92 Å². The van der Waals surface area contributed by atoms with Gasteiger partial charge in [0, 0.05) is 36.7 Å². The SMILES string of the molecule is CO[C@H]1C[C@@H]2[C@@]3(C)CCC[C@@]2(CO[C@H]3O)[C@@H]2[C@@H](OC(C)=O)C[C@@H]3[C@@H](O)[C@]12C(=O)[C@@H]3C. The molecule has 168 valence electrons. The van der Waals surface area contributed by atoms with E-state index in [4.69, 9.17) is 14.2 Å². The first-order chi connectivity index (χ1) is 14.1. The van der Waals surface area contributed by atoms with Gasteiger partial charge in [-0.15, -0.1) is 0 Å². The highest BCUT2D eigenvalue weighted by atomic mass is 16.6. The number of aliphatic hydroxyl groups excluding tert-OH is 2. The molecule has 7 heteroatoms. The Labute approximate surface area is 177 Å². The maximum absolute atomic E-state index is 13.9. The van der Waals surface area contributed by atoms with E-state index in [9.17, 15) is 19.8 Å². The lowest BCUT2D eigenvalue weighted by Crippen LogP contribution is -2.75. The van der Waals surface area contributed by atoms with Crippen LogP contribution in [0.1, 0.15) is 52.9 Å². The third-order valence-corrected chi connectivity index (χ3v) is 9.89. The Morgan fingerprint density at radius 2 is 1.97 bits per heavy atom. The van der Waals surface area contributed by atoms with Crippen LogP contribution in [0.3, 0.4) is 0 Å². The van der Waals surface area contributed by atoms with Crippen molar-refractivity contribution in [1.82, 2.24) is 0 Å². The Bertz CT molecular complexity index is 769. The first kappa shape index (κ1) is 20.9. The van der Waals surface area contributed by atoms with Crippen LogP contribution in [-0.2, 0) is 23.8 Å². The average molecular weight is 423 g/mol. The zero-order valence-corrected chi connectivity index (χ0v) is 18.3. The molecule has 0 aromatic rings. The van der Waals surface area contributed by atoms with Crippen LogP contribution >= 0.6 is 0 Å². The summed E-state index contributed by atoms with van der Waals surface area (Å²) >= 11 is 0. The fraction of sp³-hybridized carbons (Fsp3) is 0.913. The average Bonchev–Trinajstić information content (AvgIpc) is 2.81. The predicted octanol–water partition coefficient (Wildman–Crippen LogP) is 1.68. The topological polar surface area (TPSA) is 102 Å². The maximum atomic E-state index is 13.9. The summed E-state index contributed by atoms with van der Waals surface area (Å²) < 4.78 is 17.8. The van der Waals surface area contributed by atoms with Crippen molar-refractivity contribution in [1.29, 1.82) is 0 Å². The van der Waals surface area contributed by atoms with Crippen LogP contribution in [0.25, 0.3) is 0 Å². The van der Waals surface area contributed by atoms with Crippen LogP contribution in [0.4, 0.5) is 0 Å². The summed E-state index contributed by atoms with van der Waals surface area (Å²) in [6.07, 6.45) is 1.02. The van der Waals surface area contributed by atoms with E-state index in [1.807, 2.05) is 6.92 Å². The molecule has 0 unspecified atom stereocenters. The van der Waals surface area contributed by atoms with Gasteiger partial charge < -0.3 is 24.4 Å². The Morgan fingerprint density at radius 3 is 2.63 bits per heavy atom. The summed E-state index contributed by atoms with van der Waals surface area (Å²) in [5.74, 6) is -1.19. The predicted molar refractivity (Wildman–Crippen MR) is 105 cm³/mol. The molecule has 1 heterocycles. The fourth-order valence-electron chi connectivity index (χ4n) is 8.83. The van der Waals surface area contributed by atoms with Gasteiger partial charge in [0.05, 0.1) is 24.2 Å². The molecule has 30 heavy (non-hydrogen) atoms. The van der Waals surface area contributed by atoms with Gasteiger partial charge in [-0.05, 0) is 37.5 Å². The monoisotopic (exact) mass is 422 g/mol. The van der Waals surface area contributed by atoms with E-state index < -0.39 is 40.8 Å². The molecule has 4 bridgehead atoms. The Kier molecular flexibility index (Phi) is 4.52. The van der Waals surface area contributed by atoms with Gasteiger partial charge in [0.2, 0.25) is 0 Å². The highest BCUT2D eigenvalue weighted by Crippen LogP contribution is 2.73. The van der Waals surface area contributed by atoms with Gasteiger partial charge in [0.25, 0.3) is 0 Å². The number of hydrogen-bond donors (Lipinski definition) is 2. The number of carbonyl (C=O) groups excluding carboxylic acids is 2. The number of hydrogen-bond acceptors (Lipinski definition) is 7. The number of ketones is 1. The van der Waals surface area contributed by atoms with Gasteiger partial charge in [0.1, 0.15) is 11.9 Å². The largest absolute Gasteiger partial charge is 0.462 e. The minimum atomic E-state index is -1.10.